The number of nitrogens with one attached hydrogen (secondary N) is 1. The summed E-state index contributed by atoms with van der Waals surface area (Å²) in [5.74, 6) is 2.15. The first-order valence-corrected chi connectivity index (χ1v) is 6.51. The van der Waals surface area contributed by atoms with Gasteiger partial charge in [-0.25, -0.2) is 9.98 Å². The first-order chi connectivity index (χ1) is 9.98. The van der Waals surface area contributed by atoms with Crippen LogP contribution in [0.3, 0.4) is 0 Å². The van der Waals surface area contributed by atoms with Crippen LogP contribution in [0.25, 0.3) is 0 Å². The minimum absolute atomic E-state index is 0.246. The average molecular weight is 290 g/mol. The van der Waals surface area contributed by atoms with Crippen LogP contribution in [0.4, 0.5) is 5.69 Å². The number of anilines is 1. The molecule has 0 spiro atoms. The van der Waals surface area contributed by atoms with Crippen LogP contribution >= 0.6 is 0 Å². The molecule has 1 aromatic carbocycles. The van der Waals surface area contributed by atoms with Crippen molar-refractivity contribution >= 4 is 17.5 Å². The lowest BCUT2D eigenvalue weighted by Crippen LogP contribution is -2.23. The lowest BCUT2D eigenvalue weighted by Gasteiger charge is -2.10. The number of guanidine groups is 1. The Bertz CT molecular complexity index is 555. The van der Waals surface area contributed by atoms with E-state index in [1.54, 1.807) is 39.3 Å². The van der Waals surface area contributed by atoms with Gasteiger partial charge in [0, 0.05) is 29.6 Å². The number of aliphatic imine (C=N–C) groups is 2. The van der Waals surface area contributed by atoms with Crippen LogP contribution in [-0.2, 0) is 0 Å². The number of allylic oxidation sites excluding steroid dienone is 2. The Morgan fingerprint density at radius 2 is 1.67 bits per heavy atom. The molecule has 0 saturated heterocycles. The quantitative estimate of drug-likeness (QED) is 0.660. The van der Waals surface area contributed by atoms with Crippen LogP contribution in [0.2, 0.25) is 0 Å². The van der Waals surface area contributed by atoms with Crippen molar-refractivity contribution in [1.82, 2.24) is 0 Å². The molecule has 6 heteroatoms. The SMILES string of the molecule is CC=C(C)N=C(C)N=C(N)Nc1cc(OC)cc(OC)c1. The highest BCUT2D eigenvalue weighted by Crippen LogP contribution is 2.25. The molecular formula is C15H22N4O2. The van der Waals surface area contributed by atoms with E-state index in [0.717, 1.165) is 11.4 Å². The molecule has 0 aliphatic rings. The number of ether oxygens (including phenoxy) is 2. The standard InChI is InChI=1S/C15H22N4O2/c1-6-10(2)17-11(3)18-15(16)19-12-7-13(20-4)9-14(8-12)21-5/h6-9H,1-5H3,(H3,16,17,18,19). The van der Waals surface area contributed by atoms with Crippen molar-refractivity contribution in [3.63, 3.8) is 0 Å². The van der Waals surface area contributed by atoms with E-state index in [4.69, 9.17) is 15.2 Å². The molecule has 0 saturated carbocycles. The Hall–Kier alpha value is -2.50. The van der Waals surface area contributed by atoms with Gasteiger partial charge < -0.3 is 20.5 Å². The zero-order valence-corrected chi connectivity index (χ0v) is 13.1. The minimum atomic E-state index is 0.246. The van der Waals surface area contributed by atoms with Gasteiger partial charge in [0.2, 0.25) is 0 Å². The van der Waals surface area contributed by atoms with E-state index in [2.05, 4.69) is 15.3 Å². The molecule has 0 aliphatic carbocycles. The van der Waals surface area contributed by atoms with E-state index in [1.807, 2.05) is 19.9 Å². The fourth-order valence-electron chi connectivity index (χ4n) is 1.57. The van der Waals surface area contributed by atoms with Gasteiger partial charge in [0.1, 0.15) is 17.3 Å². The fourth-order valence-corrected chi connectivity index (χ4v) is 1.57. The summed E-state index contributed by atoms with van der Waals surface area (Å²) in [7, 11) is 3.18. The van der Waals surface area contributed by atoms with Crippen molar-refractivity contribution < 1.29 is 9.47 Å². The fraction of sp³-hybridized carbons (Fsp3) is 0.333. The van der Waals surface area contributed by atoms with Crippen LogP contribution in [0.1, 0.15) is 20.8 Å². The van der Waals surface area contributed by atoms with Gasteiger partial charge in [0.05, 0.1) is 14.2 Å². The summed E-state index contributed by atoms with van der Waals surface area (Å²) in [5, 5.41) is 2.98. The van der Waals surface area contributed by atoms with Crippen molar-refractivity contribution in [3.05, 3.63) is 30.0 Å². The molecule has 0 heterocycles. The largest absolute Gasteiger partial charge is 0.497 e. The molecule has 0 bridgehead atoms. The topological polar surface area (TPSA) is 81.2 Å². The van der Waals surface area contributed by atoms with Crippen LogP contribution in [0.15, 0.2) is 40.0 Å². The zero-order valence-electron chi connectivity index (χ0n) is 13.1. The normalized spacial score (nSPS) is 13.1. The third kappa shape index (κ3) is 5.56. The predicted molar refractivity (Wildman–Crippen MR) is 87.3 cm³/mol. The van der Waals surface area contributed by atoms with Crippen LogP contribution in [0, 0.1) is 0 Å². The molecule has 0 amide bonds. The molecule has 0 radical (unpaired) electrons. The van der Waals surface area contributed by atoms with E-state index >= 15 is 0 Å². The molecule has 21 heavy (non-hydrogen) atoms. The van der Waals surface area contributed by atoms with Crippen LogP contribution in [0.5, 0.6) is 11.5 Å². The summed E-state index contributed by atoms with van der Waals surface area (Å²) in [5.41, 5.74) is 7.47. The van der Waals surface area contributed by atoms with Gasteiger partial charge in [0.25, 0.3) is 0 Å². The van der Waals surface area contributed by atoms with Crippen molar-refractivity contribution in [2.24, 2.45) is 15.7 Å². The van der Waals surface area contributed by atoms with E-state index in [1.165, 1.54) is 0 Å². The van der Waals surface area contributed by atoms with Gasteiger partial charge in [-0.15, -0.1) is 0 Å². The van der Waals surface area contributed by atoms with Gasteiger partial charge in [-0.05, 0) is 20.8 Å². The maximum Gasteiger partial charge on any atom is 0.199 e. The Kier molecular flexibility index (Phi) is 6.26. The monoisotopic (exact) mass is 290 g/mol. The average Bonchev–Trinajstić information content (AvgIpc) is 2.45. The molecule has 0 unspecified atom stereocenters. The molecule has 1 rings (SSSR count). The predicted octanol–water partition coefficient (Wildman–Crippen LogP) is 2.77. The van der Waals surface area contributed by atoms with Crippen LogP contribution < -0.4 is 20.5 Å². The summed E-state index contributed by atoms with van der Waals surface area (Å²) in [4.78, 5) is 8.45. The van der Waals surface area contributed by atoms with Crippen molar-refractivity contribution in [2.45, 2.75) is 20.8 Å². The first kappa shape index (κ1) is 16.6. The number of hydrogen-bond donors (Lipinski definition) is 2. The zero-order chi connectivity index (χ0) is 15.8. The highest BCUT2D eigenvalue weighted by Gasteiger charge is 2.03. The summed E-state index contributed by atoms with van der Waals surface area (Å²) >= 11 is 0. The van der Waals surface area contributed by atoms with Gasteiger partial charge >= 0.3 is 0 Å². The second-order valence-electron chi connectivity index (χ2n) is 4.31. The van der Waals surface area contributed by atoms with Crippen molar-refractivity contribution in [1.29, 1.82) is 0 Å². The summed E-state index contributed by atoms with van der Waals surface area (Å²) in [6.45, 7) is 5.60. The molecule has 0 atom stereocenters. The summed E-state index contributed by atoms with van der Waals surface area (Å²) in [6.07, 6.45) is 1.90. The summed E-state index contributed by atoms with van der Waals surface area (Å²) in [6, 6.07) is 5.38. The second kappa shape index (κ2) is 7.94. The maximum absolute atomic E-state index is 5.86. The first-order valence-electron chi connectivity index (χ1n) is 6.51. The second-order valence-corrected chi connectivity index (χ2v) is 4.31. The lowest BCUT2D eigenvalue weighted by atomic mass is 10.3. The lowest BCUT2D eigenvalue weighted by molar-refractivity contribution is 0.395. The minimum Gasteiger partial charge on any atom is -0.497 e. The third-order valence-corrected chi connectivity index (χ3v) is 2.66. The van der Waals surface area contributed by atoms with E-state index in [-0.39, 0.29) is 5.96 Å². The number of hydrogen-bond acceptors (Lipinski definition) is 3. The van der Waals surface area contributed by atoms with Gasteiger partial charge in [-0.1, -0.05) is 6.08 Å². The highest BCUT2D eigenvalue weighted by molar-refractivity contribution is 6.01. The van der Waals surface area contributed by atoms with E-state index in [9.17, 15) is 0 Å². The van der Waals surface area contributed by atoms with Gasteiger partial charge in [0.15, 0.2) is 5.96 Å². The van der Waals surface area contributed by atoms with Gasteiger partial charge in [-0.3, -0.25) is 0 Å². The van der Waals surface area contributed by atoms with E-state index < -0.39 is 0 Å². The van der Waals surface area contributed by atoms with Crippen molar-refractivity contribution in [2.75, 3.05) is 19.5 Å². The van der Waals surface area contributed by atoms with Gasteiger partial charge in [-0.2, -0.15) is 0 Å². The molecule has 114 valence electrons. The maximum atomic E-state index is 5.86. The van der Waals surface area contributed by atoms with Crippen molar-refractivity contribution in [3.8, 4) is 11.5 Å². The third-order valence-electron chi connectivity index (χ3n) is 2.66. The number of benzene rings is 1. The molecule has 6 nitrogen and oxygen atoms in total. The molecular weight excluding hydrogens is 268 g/mol. The number of amidine groups is 1. The van der Waals surface area contributed by atoms with Crippen LogP contribution in [-0.4, -0.2) is 26.0 Å². The number of nitrogens with zero attached hydrogens (tertiary/aromatic N) is 2. The smallest absolute Gasteiger partial charge is 0.199 e. The Balaban J connectivity index is 2.92. The Morgan fingerprint density at radius 1 is 1.10 bits per heavy atom. The Morgan fingerprint density at radius 3 is 2.14 bits per heavy atom. The molecule has 0 aromatic heterocycles. The highest BCUT2D eigenvalue weighted by atomic mass is 16.5. The number of rotatable bonds is 4. The Labute approximate surface area is 125 Å². The molecule has 0 fully saturated rings. The summed E-state index contributed by atoms with van der Waals surface area (Å²) < 4.78 is 10.4. The molecule has 3 N–H and O–H groups in total. The number of methoxy groups -OCH3 is 2. The van der Waals surface area contributed by atoms with E-state index in [0.29, 0.717) is 17.3 Å². The molecule has 0 aliphatic heterocycles. The molecule has 1 aromatic rings. The number of nitrogens with two attached hydrogens (primary N) is 1.